The normalized spacial score (nSPS) is 20.9. The van der Waals surface area contributed by atoms with E-state index in [0.29, 0.717) is 16.7 Å². The molecule has 2 aromatic carbocycles. The number of benzene rings is 2. The second-order valence-electron chi connectivity index (χ2n) is 13.8. The lowest BCUT2D eigenvalue weighted by molar-refractivity contribution is -0.142. The van der Waals surface area contributed by atoms with Gasteiger partial charge in [-0.25, -0.2) is 4.98 Å². The number of aryl methyl sites for hydroxylation is 1. The highest BCUT2D eigenvalue weighted by atomic mass is 32.1. The minimum absolute atomic E-state index is 0.0133. The van der Waals surface area contributed by atoms with E-state index in [-0.39, 0.29) is 36.8 Å². The molecule has 0 spiro atoms. The van der Waals surface area contributed by atoms with Crippen molar-refractivity contribution < 1.29 is 28.6 Å². The van der Waals surface area contributed by atoms with Crippen molar-refractivity contribution in [2.75, 3.05) is 19.6 Å². The van der Waals surface area contributed by atoms with E-state index in [1.165, 1.54) is 4.90 Å². The predicted octanol–water partition coefficient (Wildman–Crippen LogP) is 4.59. The lowest BCUT2D eigenvalue weighted by Gasteiger charge is -2.35. The molecule has 2 aliphatic heterocycles. The summed E-state index contributed by atoms with van der Waals surface area (Å²) >= 11 is 1.58. The highest BCUT2D eigenvalue weighted by Crippen LogP contribution is 2.31. The van der Waals surface area contributed by atoms with Gasteiger partial charge in [0.2, 0.25) is 11.8 Å². The minimum Gasteiger partial charge on any atom is -0.489 e. The van der Waals surface area contributed by atoms with Crippen LogP contribution in [0.25, 0.3) is 21.4 Å². The number of likely N-dealkylation sites (tertiary alicyclic amines) is 1. The number of carbonyl (C=O) groups excluding carboxylic acids is 3. The van der Waals surface area contributed by atoms with Crippen LogP contribution in [0.2, 0.25) is 0 Å². The van der Waals surface area contributed by atoms with Crippen LogP contribution in [0.4, 0.5) is 0 Å². The number of aliphatic hydroxyl groups excluding tert-OH is 1. The first-order valence-corrected chi connectivity index (χ1v) is 17.3. The number of hydrogen-bond donors (Lipinski definition) is 4. The molecule has 2 saturated heterocycles. The van der Waals surface area contributed by atoms with E-state index in [0.717, 1.165) is 41.2 Å². The molecule has 2 aromatic heterocycles. The first-order valence-electron chi connectivity index (χ1n) is 16.4. The fraction of sp³-hybridized carbons (Fsp3) is 0.444. The van der Waals surface area contributed by atoms with E-state index in [2.05, 4.69) is 20.9 Å². The maximum atomic E-state index is 14.1. The molecule has 11 nitrogen and oxygen atoms in total. The molecule has 6 rings (SSSR count). The van der Waals surface area contributed by atoms with E-state index in [4.69, 9.17) is 9.15 Å². The molecular weight excluding hydrogens is 630 g/mol. The van der Waals surface area contributed by atoms with Crippen molar-refractivity contribution in [1.82, 2.24) is 25.8 Å². The number of nitrogens with zero attached hydrogens (tertiary/aromatic N) is 2. The Bertz CT molecular complexity index is 1790. The van der Waals surface area contributed by atoms with Crippen LogP contribution in [0.3, 0.4) is 0 Å². The molecule has 48 heavy (non-hydrogen) atoms. The number of furan rings is 1. The summed E-state index contributed by atoms with van der Waals surface area (Å²) in [5.74, 6) is -0.596. The topological polar surface area (TPSA) is 146 Å². The van der Waals surface area contributed by atoms with Crippen molar-refractivity contribution >= 4 is 40.0 Å². The standard InChI is InChI=1S/C36H43N5O6S/c1-20(22-6-8-23(9-7-22)31-21(2)38-19-48-31)39-33(43)28-16-25(42)18-41(28)35(45)32(36(3,4)5)40-34(44)30-15-24-14-26(10-11-29(24)47-30)46-27-12-13-37-17-27/h6-11,14-15,19-20,25,27-28,32,37,42H,12-13,16-18H2,1-5H3,(H,39,43)(H,40,44)/t20-,25+,27?,28-,32+/m0/s1. The minimum atomic E-state index is -0.993. The molecule has 5 atom stereocenters. The monoisotopic (exact) mass is 673 g/mol. The molecule has 0 saturated carbocycles. The fourth-order valence-corrected chi connectivity index (χ4v) is 7.16. The van der Waals surface area contributed by atoms with E-state index in [9.17, 15) is 19.5 Å². The van der Waals surface area contributed by atoms with Crippen molar-refractivity contribution in [2.24, 2.45) is 5.41 Å². The zero-order valence-electron chi connectivity index (χ0n) is 27.9. The van der Waals surface area contributed by atoms with Crippen LogP contribution < -0.4 is 20.7 Å². The summed E-state index contributed by atoms with van der Waals surface area (Å²) in [5.41, 5.74) is 4.57. The zero-order chi connectivity index (χ0) is 34.2. The lowest BCUT2D eigenvalue weighted by atomic mass is 9.85. The van der Waals surface area contributed by atoms with Crippen molar-refractivity contribution in [3.63, 3.8) is 0 Å². The van der Waals surface area contributed by atoms with Gasteiger partial charge in [-0.15, -0.1) is 11.3 Å². The third-order valence-electron chi connectivity index (χ3n) is 9.06. The Balaban J connectivity index is 1.14. The molecule has 4 aromatic rings. The summed E-state index contributed by atoms with van der Waals surface area (Å²) in [7, 11) is 0. The average molecular weight is 674 g/mol. The van der Waals surface area contributed by atoms with Gasteiger partial charge in [0.05, 0.1) is 28.2 Å². The molecular formula is C36H43N5O6S. The van der Waals surface area contributed by atoms with E-state index in [1.54, 1.807) is 23.5 Å². The van der Waals surface area contributed by atoms with Gasteiger partial charge < -0.3 is 35.1 Å². The number of ether oxygens (including phenoxy) is 1. The van der Waals surface area contributed by atoms with Crippen LogP contribution in [0, 0.1) is 12.3 Å². The number of fused-ring (bicyclic) bond motifs is 1. The molecule has 0 aliphatic carbocycles. The van der Waals surface area contributed by atoms with Crippen molar-refractivity contribution in [1.29, 1.82) is 0 Å². The fourth-order valence-electron chi connectivity index (χ4n) is 6.35. The second kappa shape index (κ2) is 13.7. The van der Waals surface area contributed by atoms with Crippen molar-refractivity contribution in [3.8, 4) is 16.2 Å². The van der Waals surface area contributed by atoms with Crippen LogP contribution >= 0.6 is 11.3 Å². The van der Waals surface area contributed by atoms with Crippen molar-refractivity contribution in [2.45, 2.75) is 77.8 Å². The van der Waals surface area contributed by atoms with Gasteiger partial charge in [-0.3, -0.25) is 14.4 Å². The van der Waals surface area contributed by atoms with E-state index in [1.807, 2.05) is 76.5 Å². The van der Waals surface area contributed by atoms with E-state index >= 15 is 0 Å². The molecule has 4 heterocycles. The van der Waals surface area contributed by atoms with Crippen LogP contribution in [-0.2, 0) is 9.59 Å². The Morgan fingerprint density at radius 2 is 1.90 bits per heavy atom. The lowest BCUT2D eigenvalue weighted by Crippen LogP contribution is -2.57. The molecule has 1 unspecified atom stereocenters. The largest absolute Gasteiger partial charge is 0.489 e. The first-order chi connectivity index (χ1) is 22.9. The molecule has 0 radical (unpaired) electrons. The van der Waals surface area contributed by atoms with Gasteiger partial charge >= 0.3 is 0 Å². The molecule has 12 heteroatoms. The number of rotatable bonds is 9. The van der Waals surface area contributed by atoms with Crippen LogP contribution in [0.15, 0.2) is 58.5 Å². The van der Waals surface area contributed by atoms with Gasteiger partial charge in [-0.05, 0) is 67.6 Å². The number of β-amino-alcohol motifs (C(OH)–C–C–N with tert-alkyl or cyclic N) is 1. The predicted molar refractivity (Wildman–Crippen MR) is 184 cm³/mol. The number of hydrogen-bond acceptors (Lipinski definition) is 9. The van der Waals surface area contributed by atoms with Gasteiger partial charge in [0.15, 0.2) is 5.76 Å². The summed E-state index contributed by atoms with van der Waals surface area (Å²) in [5, 5.41) is 20.5. The summed E-state index contributed by atoms with van der Waals surface area (Å²) < 4.78 is 11.9. The van der Waals surface area contributed by atoms with Gasteiger partial charge in [0.1, 0.15) is 29.5 Å². The van der Waals surface area contributed by atoms with E-state index < -0.39 is 35.4 Å². The van der Waals surface area contributed by atoms with Gasteiger partial charge in [0.25, 0.3) is 5.91 Å². The Labute approximate surface area is 284 Å². The number of amides is 3. The zero-order valence-corrected chi connectivity index (χ0v) is 28.7. The Morgan fingerprint density at radius 3 is 2.56 bits per heavy atom. The Kier molecular flexibility index (Phi) is 9.60. The number of carbonyl (C=O) groups is 3. The highest BCUT2D eigenvalue weighted by Gasteiger charge is 2.45. The third-order valence-corrected chi connectivity index (χ3v) is 10.0. The average Bonchev–Trinajstić information content (AvgIpc) is 3.86. The number of nitrogens with one attached hydrogen (secondary N) is 3. The molecule has 2 aliphatic rings. The molecule has 0 bridgehead atoms. The first kappa shape index (κ1) is 33.6. The van der Waals surface area contributed by atoms with Crippen LogP contribution in [0.5, 0.6) is 5.75 Å². The summed E-state index contributed by atoms with van der Waals surface area (Å²) in [6.45, 7) is 11.1. The van der Waals surface area contributed by atoms with Crippen LogP contribution in [-0.4, -0.2) is 76.6 Å². The highest BCUT2D eigenvalue weighted by molar-refractivity contribution is 7.13. The van der Waals surface area contributed by atoms with Crippen molar-refractivity contribution in [3.05, 3.63) is 71.1 Å². The SMILES string of the molecule is Cc1ncsc1-c1ccc([C@H](C)NC(=O)[C@@H]2C[C@@H](O)CN2C(=O)[C@@H](NC(=O)c2cc3cc(OC4CCNC4)ccc3o2)C(C)(C)C)cc1. The number of thiazole rings is 1. The Morgan fingerprint density at radius 1 is 1.12 bits per heavy atom. The molecule has 254 valence electrons. The molecule has 2 fully saturated rings. The number of aromatic nitrogens is 1. The maximum absolute atomic E-state index is 14.1. The molecule has 4 N–H and O–H groups in total. The van der Waals surface area contributed by atoms with Gasteiger partial charge in [-0.2, -0.15) is 0 Å². The molecule has 3 amide bonds. The number of aliphatic hydroxyl groups is 1. The summed E-state index contributed by atoms with van der Waals surface area (Å²) in [6.07, 6.45) is 0.255. The summed E-state index contributed by atoms with van der Waals surface area (Å²) in [4.78, 5) is 48.0. The maximum Gasteiger partial charge on any atom is 0.287 e. The van der Waals surface area contributed by atoms with Gasteiger partial charge in [0, 0.05) is 24.9 Å². The summed E-state index contributed by atoms with van der Waals surface area (Å²) in [6, 6.07) is 12.8. The van der Waals surface area contributed by atoms with Gasteiger partial charge in [-0.1, -0.05) is 45.0 Å². The smallest absolute Gasteiger partial charge is 0.287 e. The second-order valence-corrected chi connectivity index (χ2v) is 14.7. The third kappa shape index (κ3) is 7.25. The Hall–Kier alpha value is -4.26. The quantitative estimate of drug-likeness (QED) is 0.202. The van der Waals surface area contributed by atoms with Crippen LogP contribution in [0.1, 0.15) is 68.4 Å².